The molecule has 2 aromatic heterocycles. The Balaban J connectivity index is 1.80. The molecule has 0 fully saturated rings. The molecule has 0 saturated heterocycles. The number of ether oxygens (including phenoxy) is 1. The molecule has 4 nitrogen and oxygen atoms in total. The Labute approximate surface area is 160 Å². The van der Waals surface area contributed by atoms with Gasteiger partial charge in [0.1, 0.15) is 12.4 Å². The fourth-order valence-corrected chi connectivity index (χ4v) is 4.13. The molecule has 0 spiro atoms. The standard InChI is InChI=1S/C23H27N3O/c1-14(2)25-15(3)13-27-18-6-7-22-20(11-18)21-10-17-12-24-9-8-19(17)16(4)23(21)26(22)5/h6-12,14-15,25H,13H2,1-5H3/t15-/m0/s1. The van der Waals surface area contributed by atoms with E-state index in [1.54, 1.807) is 0 Å². The zero-order valence-corrected chi connectivity index (χ0v) is 16.7. The molecule has 2 heterocycles. The van der Waals surface area contributed by atoms with Crippen molar-refractivity contribution in [3.63, 3.8) is 0 Å². The summed E-state index contributed by atoms with van der Waals surface area (Å²) < 4.78 is 8.35. The van der Waals surface area contributed by atoms with Gasteiger partial charge in [-0.05, 0) is 55.1 Å². The summed E-state index contributed by atoms with van der Waals surface area (Å²) >= 11 is 0. The van der Waals surface area contributed by atoms with E-state index in [0.717, 1.165) is 5.75 Å². The summed E-state index contributed by atoms with van der Waals surface area (Å²) in [7, 11) is 2.14. The Morgan fingerprint density at radius 2 is 1.89 bits per heavy atom. The summed E-state index contributed by atoms with van der Waals surface area (Å²) in [5.74, 6) is 0.913. The molecule has 0 unspecified atom stereocenters. The summed E-state index contributed by atoms with van der Waals surface area (Å²) in [6, 6.07) is 11.5. The van der Waals surface area contributed by atoms with Crippen molar-refractivity contribution in [3.05, 3.63) is 48.3 Å². The smallest absolute Gasteiger partial charge is 0.120 e. The molecule has 0 saturated carbocycles. The molecule has 1 N–H and O–H groups in total. The molecule has 0 amide bonds. The summed E-state index contributed by atoms with van der Waals surface area (Å²) in [6.07, 6.45) is 3.81. The number of nitrogens with one attached hydrogen (secondary N) is 1. The van der Waals surface area contributed by atoms with Gasteiger partial charge in [-0.2, -0.15) is 0 Å². The Bertz CT molecular complexity index is 1130. The first kappa shape index (κ1) is 17.8. The van der Waals surface area contributed by atoms with Gasteiger partial charge in [0.05, 0.1) is 5.52 Å². The third-order valence-corrected chi connectivity index (χ3v) is 5.24. The quantitative estimate of drug-likeness (QED) is 0.546. The number of nitrogens with zero attached hydrogens (tertiary/aromatic N) is 2. The van der Waals surface area contributed by atoms with Crippen LogP contribution in [-0.4, -0.2) is 28.2 Å². The molecule has 1 atom stereocenters. The van der Waals surface area contributed by atoms with E-state index in [2.05, 4.69) is 79.9 Å². The van der Waals surface area contributed by atoms with Crippen molar-refractivity contribution >= 4 is 32.6 Å². The first-order chi connectivity index (χ1) is 13.0. The predicted octanol–water partition coefficient (Wildman–Crippen LogP) is 4.95. The molecule has 0 aliphatic rings. The van der Waals surface area contributed by atoms with E-state index >= 15 is 0 Å². The van der Waals surface area contributed by atoms with Crippen LogP contribution in [0, 0.1) is 6.92 Å². The molecule has 4 heteroatoms. The van der Waals surface area contributed by atoms with Crippen LogP contribution in [0.25, 0.3) is 32.6 Å². The van der Waals surface area contributed by atoms with E-state index < -0.39 is 0 Å². The van der Waals surface area contributed by atoms with Gasteiger partial charge in [-0.1, -0.05) is 13.8 Å². The van der Waals surface area contributed by atoms with Gasteiger partial charge >= 0.3 is 0 Å². The molecule has 27 heavy (non-hydrogen) atoms. The minimum absolute atomic E-state index is 0.311. The van der Waals surface area contributed by atoms with E-state index in [1.165, 1.54) is 38.1 Å². The second kappa shape index (κ2) is 6.86. The lowest BCUT2D eigenvalue weighted by Crippen LogP contribution is -2.36. The SMILES string of the molecule is Cc1c2ccncc2cc2c3cc(OC[C@H](C)NC(C)C)ccc3n(C)c12. The van der Waals surface area contributed by atoms with Gasteiger partial charge in [0, 0.05) is 53.2 Å². The maximum absolute atomic E-state index is 6.07. The molecule has 4 aromatic rings. The Morgan fingerprint density at radius 3 is 2.67 bits per heavy atom. The maximum atomic E-state index is 6.07. The summed E-state index contributed by atoms with van der Waals surface area (Å²) in [5.41, 5.74) is 3.79. The van der Waals surface area contributed by atoms with Crippen molar-refractivity contribution in [2.75, 3.05) is 6.61 Å². The van der Waals surface area contributed by atoms with Crippen LogP contribution in [0.5, 0.6) is 5.75 Å². The normalized spacial score (nSPS) is 13.1. The molecular weight excluding hydrogens is 334 g/mol. The van der Waals surface area contributed by atoms with Crippen LogP contribution in [0.2, 0.25) is 0 Å². The molecule has 0 bridgehead atoms. The second-order valence-electron chi connectivity index (χ2n) is 7.77. The van der Waals surface area contributed by atoms with Crippen molar-refractivity contribution in [1.29, 1.82) is 0 Å². The Hall–Kier alpha value is -2.59. The number of fused-ring (bicyclic) bond motifs is 4. The fraction of sp³-hybridized carbons (Fsp3) is 0.348. The zero-order valence-electron chi connectivity index (χ0n) is 16.7. The fourth-order valence-electron chi connectivity index (χ4n) is 4.13. The maximum Gasteiger partial charge on any atom is 0.120 e. The molecule has 0 aliphatic carbocycles. The first-order valence-electron chi connectivity index (χ1n) is 9.60. The topological polar surface area (TPSA) is 39.1 Å². The average Bonchev–Trinajstić information content (AvgIpc) is 2.92. The van der Waals surface area contributed by atoms with Gasteiger partial charge in [-0.3, -0.25) is 4.98 Å². The largest absolute Gasteiger partial charge is 0.492 e. The number of aryl methyl sites for hydroxylation is 2. The van der Waals surface area contributed by atoms with Crippen LogP contribution in [0.1, 0.15) is 26.3 Å². The Kier molecular flexibility index (Phi) is 4.52. The third kappa shape index (κ3) is 3.15. The van der Waals surface area contributed by atoms with E-state index in [0.29, 0.717) is 18.7 Å². The van der Waals surface area contributed by atoms with Crippen molar-refractivity contribution in [2.45, 2.75) is 39.8 Å². The number of rotatable bonds is 5. The van der Waals surface area contributed by atoms with Crippen molar-refractivity contribution in [1.82, 2.24) is 14.9 Å². The van der Waals surface area contributed by atoms with Crippen LogP contribution < -0.4 is 10.1 Å². The minimum atomic E-state index is 0.311. The number of benzene rings is 2. The van der Waals surface area contributed by atoms with Gasteiger partial charge in [-0.15, -0.1) is 0 Å². The summed E-state index contributed by atoms with van der Waals surface area (Å²) in [5, 5.41) is 8.39. The number of pyridine rings is 1. The van der Waals surface area contributed by atoms with E-state index in [4.69, 9.17) is 4.74 Å². The molecular formula is C23H27N3O. The van der Waals surface area contributed by atoms with Gasteiger partial charge in [0.15, 0.2) is 0 Å². The highest BCUT2D eigenvalue weighted by Gasteiger charge is 2.14. The van der Waals surface area contributed by atoms with Gasteiger partial charge in [-0.25, -0.2) is 0 Å². The lowest BCUT2D eigenvalue weighted by molar-refractivity contribution is 0.266. The lowest BCUT2D eigenvalue weighted by atomic mass is 10.0. The lowest BCUT2D eigenvalue weighted by Gasteiger charge is -2.17. The zero-order chi connectivity index (χ0) is 19.1. The van der Waals surface area contributed by atoms with E-state index in [-0.39, 0.29) is 0 Å². The van der Waals surface area contributed by atoms with Crippen LogP contribution in [-0.2, 0) is 7.05 Å². The first-order valence-corrected chi connectivity index (χ1v) is 9.60. The summed E-state index contributed by atoms with van der Waals surface area (Å²) in [4.78, 5) is 4.30. The number of hydrogen-bond acceptors (Lipinski definition) is 3. The predicted molar refractivity (Wildman–Crippen MR) is 114 cm³/mol. The number of hydrogen-bond donors (Lipinski definition) is 1. The minimum Gasteiger partial charge on any atom is -0.492 e. The molecule has 0 radical (unpaired) electrons. The van der Waals surface area contributed by atoms with Gasteiger partial charge < -0.3 is 14.6 Å². The van der Waals surface area contributed by atoms with Gasteiger partial charge in [0.25, 0.3) is 0 Å². The van der Waals surface area contributed by atoms with Crippen LogP contribution >= 0.6 is 0 Å². The van der Waals surface area contributed by atoms with Crippen LogP contribution in [0.3, 0.4) is 0 Å². The average molecular weight is 361 g/mol. The van der Waals surface area contributed by atoms with Crippen molar-refractivity contribution in [2.24, 2.45) is 7.05 Å². The monoisotopic (exact) mass is 361 g/mol. The molecule has 4 rings (SSSR count). The van der Waals surface area contributed by atoms with E-state index in [9.17, 15) is 0 Å². The molecule has 140 valence electrons. The molecule has 2 aromatic carbocycles. The Morgan fingerprint density at radius 1 is 1.07 bits per heavy atom. The highest BCUT2D eigenvalue weighted by molar-refractivity contribution is 6.14. The molecule has 0 aliphatic heterocycles. The second-order valence-corrected chi connectivity index (χ2v) is 7.77. The number of aromatic nitrogens is 2. The highest BCUT2D eigenvalue weighted by atomic mass is 16.5. The van der Waals surface area contributed by atoms with Crippen LogP contribution in [0.4, 0.5) is 0 Å². The van der Waals surface area contributed by atoms with Crippen LogP contribution in [0.15, 0.2) is 42.7 Å². The van der Waals surface area contributed by atoms with Gasteiger partial charge in [0.2, 0.25) is 0 Å². The highest BCUT2D eigenvalue weighted by Crippen LogP contribution is 2.36. The van der Waals surface area contributed by atoms with E-state index in [1.807, 2.05) is 12.4 Å². The van der Waals surface area contributed by atoms with Crippen molar-refractivity contribution in [3.8, 4) is 5.75 Å². The third-order valence-electron chi connectivity index (χ3n) is 5.24. The summed E-state index contributed by atoms with van der Waals surface area (Å²) in [6.45, 7) is 9.31. The van der Waals surface area contributed by atoms with Crippen molar-refractivity contribution < 1.29 is 4.74 Å².